The zero-order chi connectivity index (χ0) is 15.0. The largest absolute Gasteiger partial charge is 0.433 e. The first-order valence-electron chi connectivity index (χ1n) is 5.81. The molecule has 0 aliphatic heterocycles. The maximum atomic E-state index is 12.7. The highest BCUT2D eigenvalue weighted by molar-refractivity contribution is 5.52. The fourth-order valence-corrected chi connectivity index (χ4v) is 1.76. The van der Waals surface area contributed by atoms with Gasteiger partial charge in [-0.05, 0) is 12.1 Å². The fourth-order valence-electron chi connectivity index (χ4n) is 1.76. The summed E-state index contributed by atoms with van der Waals surface area (Å²) < 4.78 is 44.2. The Morgan fingerprint density at radius 2 is 1.81 bits per heavy atom. The highest BCUT2D eigenvalue weighted by atomic mass is 19.4. The molecule has 0 unspecified atom stereocenters. The van der Waals surface area contributed by atoms with Crippen molar-refractivity contribution in [1.82, 2.24) is 25.0 Å². The molecule has 3 heterocycles. The number of aryl methyl sites for hydroxylation is 1. The van der Waals surface area contributed by atoms with E-state index >= 15 is 0 Å². The molecule has 21 heavy (non-hydrogen) atoms. The molecule has 0 spiro atoms. The topological polar surface area (TPSA) is 69.6 Å². The summed E-state index contributed by atoms with van der Waals surface area (Å²) in [6, 6.07) is 5.95. The van der Waals surface area contributed by atoms with Crippen LogP contribution >= 0.6 is 0 Å². The highest BCUT2D eigenvalue weighted by Crippen LogP contribution is 2.31. The van der Waals surface area contributed by atoms with Crippen LogP contribution in [0.3, 0.4) is 0 Å². The van der Waals surface area contributed by atoms with Gasteiger partial charge in [0.1, 0.15) is 17.1 Å². The number of halogens is 3. The molecule has 6 nitrogen and oxygen atoms in total. The standard InChI is InChI=1S/C12H8F3N5O/c1-20-9(12(13,14)15)6-8(19-20)11-18-17-10(21-11)7-4-2-3-5-16-7/h2-6H,1H3. The lowest BCUT2D eigenvalue weighted by Gasteiger charge is -2.04. The van der Waals surface area contributed by atoms with Gasteiger partial charge < -0.3 is 4.42 Å². The maximum Gasteiger partial charge on any atom is 0.433 e. The molecule has 0 N–H and O–H groups in total. The van der Waals surface area contributed by atoms with E-state index in [4.69, 9.17) is 4.42 Å². The Bertz CT molecular complexity index is 763. The molecule has 0 aromatic carbocycles. The molecule has 0 saturated carbocycles. The molecule has 108 valence electrons. The van der Waals surface area contributed by atoms with Crippen LogP contribution in [0.25, 0.3) is 23.2 Å². The van der Waals surface area contributed by atoms with Crippen molar-refractivity contribution in [1.29, 1.82) is 0 Å². The molecule has 9 heteroatoms. The van der Waals surface area contributed by atoms with Crippen LogP contribution in [0, 0.1) is 0 Å². The molecule has 0 bridgehead atoms. The van der Waals surface area contributed by atoms with Crippen molar-refractivity contribution in [2.45, 2.75) is 6.18 Å². The molecule has 0 radical (unpaired) electrons. The molecule has 0 saturated heterocycles. The maximum absolute atomic E-state index is 12.7. The van der Waals surface area contributed by atoms with Crippen molar-refractivity contribution < 1.29 is 17.6 Å². The summed E-state index contributed by atoms with van der Waals surface area (Å²) in [6.45, 7) is 0. The number of rotatable bonds is 2. The average molecular weight is 295 g/mol. The Hall–Kier alpha value is -2.71. The van der Waals surface area contributed by atoms with E-state index < -0.39 is 11.9 Å². The number of alkyl halides is 3. The first-order chi connectivity index (χ1) is 9.95. The average Bonchev–Trinajstić information content (AvgIpc) is 3.05. The third-order valence-electron chi connectivity index (χ3n) is 2.70. The summed E-state index contributed by atoms with van der Waals surface area (Å²) in [5, 5.41) is 11.2. The van der Waals surface area contributed by atoms with Gasteiger partial charge in [-0.25, -0.2) is 0 Å². The number of hydrogen-bond acceptors (Lipinski definition) is 5. The van der Waals surface area contributed by atoms with Crippen molar-refractivity contribution in [3.63, 3.8) is 0 Å². The summed E-state index contributed by atoms with van der Waals surface area (Å²) in [5.41, 5.74) is -0.502. The van der Waals surface area contributed by atoms with E-state index in [1.165, 1.54) is 7.05 Å². The fraction of sp³-hybridized carbons (Fsp3) is 0.167. The third-order valence-corrected chi connectivity index (χ3v) is 2.70. The summed E-state index contributed by atoms with van der Waals surface area (Å²) in [6.07, 6.45) is -2.95. The Kier molecular flexibility index (Phi) is 2.96. The van der Waals surface area contributed by atoms with Gasteiger partial charge in [-0.2, -0.15) is 18.3 Å². The SMILES string of the molecule is Cn1nc(-c2nnc(-c3ccccn3)o2)cc1C(F)(F)F. The lowest BCUT2D eigenvalue weighted by atomic mass is 10.3. The molecule has 0 aliphatic carbocycles. The predicted molar refractivity (Wildman–Crippen MR) is 64.7 cm³/mol. The van der Waals surface area contributed by atoms with E-state index in [1.807, 2.05) is 0 Å². The van der Waals surface area contributed by atoms with Crippen molar-refractivity contribution in [2.24, 2.45) is 7.05 Å². The Morgan fingerprint density at radius 3 is 2.38 bits per heavy atom. The first-order valence-corrected chi connectivity index (χ1v) is 5.81. The van der Waals surface area contributed by atoms with Crippen LogP contribution in [-0.2, 0) is 13.2 Å². The van der Waals surface area contributed by atoms with Crippen molar-refractivity contribution in [2.75, 3.05) is 0 Å². The molecule has 0 fully saturated rings. The van der Waals surface area contributed by atoms with Crippen molar-refractivity contribution >= 4 is 0 Å². The van der Waals surface area contributed by atoms with E-state index in [9.17, 15) is 13.2 Å². The number of pyridine rings is 1. The smallest absolute Gasteiger partial charge is 0.413 e. The van der Waals surface area contributed by atoms with Gasteiger partial charge in [0.15, 0.2) is 0 Å². The normalized spacial score (nSPS) is 11.8. The zero-order valence-electron chi connectivity index (χ0n) is 10.7. The van der Waals surface area contributed by atoms with Gasteiger partial charge in [0.2, 0.25) is 0 Å². The van der Waals surface area contributed by atoms with E-state index in [0.29, 0.717) is 5.69 Å². The molecule has 0 amide bonds. The van der Waals surface area contributed by atoms with Gasteiger partial charge in [0.25, 0.3) is 11.8 Å². The molecule has 0 atom stereocenters. The first kappa shape index (κ1) is 13.3. The van der Waals surface area contributed by atoms with Crippen molar-refractivity contribution in [3.05, 3.63) is 36.2 Å². The highest BCUT2D eigenvalue weighted by Gasteiger charge is 2.35. The van der Waals surface area contributed by atoms with Crippen LogP contribution in [0.15, 0.2) is 34.9 Å². The summed E-state index contributed by atoms with van der Waals surface area (Å²) in [7, 11) is 1.20. The lowest BCUT2D eigenvalue weighted by Crippen LogP contribution is -2.11. The number of nitrogens with zero attached hydrogens (tertiary/aromatic N) is 5. The minimum absolute atomic E-state index is 0.0421. The Labute approximate surface area is 116 Å². The second-order valence-corrected chi connectivity index (χ2v) is 4.16. The second kappa shape index (κ2) is 4.69. The summed E-state index contributed by atoms with van der Waals surface area (Å²) in [5.74, 6) is 0.0200. The zero-order valence-corrected chi connectivity index (χ0v) is 10.7. The minimum atomic E-state index is -4.50. The van der Waals surface area contributed by atoms with Gasteiger partial charge in [-0.3, -0.25) is 9.67 Å². The van der Waals surface area contributed by atoms with Gasteiger partial charge in [0.05, 0.1) is 0 Å². The van der Waals surface area contributed by atoms with Gasteiger partial charge in [-0.15, -0.1) is 10.2 Å². The summed E-state index contributed by atoms with van der Waals surface area (Å²) >= 11 is 0. The molecule has 3 aromatic rings. The van der Waals surface area contributed by atoms with Gasteiger partial charge in [-0.1, -0.05) is 6.07 Å². The van der Waals surface area contributed by atoms with Crippen LogP contribution in [0.2, 0.25) is 0 Å². The van der Waals surface area contributed by atoms with Crippen LogP contribution in [-0.4, -0.2) is 25.0 Å². The molecular weight excluding hydrogens is 287 g/mol. The number of aromatic nitrogens is 5. The monoisotopic (exact) mass is 295 g/mol. The van der Waals surface area contributed by atoms with E-state index in [1.54, 1.807) is 24.4 Å². The van der Waals surface area contributed by atoms with E-state index in [2.05, 4.69) is 20.3 Å². The lowest BCUT2D eigenvalue weighted by molar-refractivity contribution is -0.143. The van der Waals surface area contributed by atoms with Crippen LogP contribution in [0.5, 0.6) is 0 Å². The third kappa shape index (κ3) is 2.49. The molecule has 0 aliphatic rings. The predicted octanol–water partition coefficient (Wildman–Crippen LogP) is 2.55. The van der Waals surface area contributed by atoms with Crippen LogP contribution in [0.4, 0.5) is 13.2 Å². The van der Waals surface area contributed by atoms with Crippen LogP contribution < -0.4 is 0 Å². The minimum Gasteiger partial charge on any atom is -0.413 e. The molecule has 3 aromatic heterocycles. The van der Waals surface area contributed by atoms with Crippen molar-refractivity contribution in [3.8, 4) is 23.2 Å². The van der Waals surface area contributed by atoms with Gasteiger partial charge >= 0.3 is 6.18 Å². The number of hydrogen-bond donors (Lipinski definition) is 0. The van der Waals surface area contributed by atoms with Crippen LogP contribution in [0.1, 0.15) is 5.69 Å². The Balaban J connectivity index is 1.98. The van der Waals surface area contributed by atoms with E-state index in [0.717, 1.165) is 10.7 Å². The molecule has 3 rings (SSSR count). The Morgan fingerprint density at radius 1 is 1.10 bits per heavy atom. The quantitative estimate of drug-likeness (QED) is 0.726. The van der Waals surface area contributed by atoms with Gasteiger partial charge in [0, 0.05) is 19.3 Å². The molecular formula is C12H8F3N5O. The summed E-state index contributed by atoms with van der Waals surface area (Å²) in [4.78, 5) is 4.02. The second-order valence-electron chi connectivity index (χ2n) is 4.16. The van der Waals surface area contributed by atoms with E-state index in [-0.39, 0.29) is 17.5 Å².